The van der Waals surface area contributed by atoms with Crippen LogP contribution in [0.2, 0.25) is 0 Å². The fourth-order valence-electron chi connectivity index (χ4n) is 1.59. The van der Waals surface area contributed by atoms with Crippen LogP contribution in [0, 0.1) is 0 Å². The summed E-state index contributed by atoms with van der Waals surface area (Å²) in [5.74, 6) is 1.19. The average Bonchev–Trinajstić information content (AvgIpc) is 2.36. The lowest BCUT2D eigenvalue weighted by molar-refractivity contribution is -0.128. The van der Waals surface area contributed by atoms with Crippen molar-refractivity contribution in [2.24, 2.45) is 0 Å². The summed E-state index contributed by atoms with van der Waals surface area (Å²) < 4.78 is 0. The number of carbonyl (C=O) groups excluding carboxylic acids is 1. The van der Waals surface area contributed by atoms with Crippen LogP contribution in [0.5, 0.6) is 0 Å². The molecule has 3 nitrogen and oxygen atoms in total. The van der Waals surface area contributed by atoms with Crippen molar-refractivity contribution < 1.29 is 4.79 Å². The number of likely N-dealkylation sites (N-methyl/N-ethyl adjacent to an activating group) is 1. The van der Waals surface area contributed by atoms with Gasteiger partial charge in [0.25, 0.3) is 0 Å². The zero-order valence-electron chi connectivity index (χ0n) is 10.7. The summed E-state index contributed by atoms with van der Waals surface area (Å²) in [6.45, 7) is 4.81. The van der Waals surface area contributed by atoms with Gasteiger partial charge in [-0.15, -0.1) is 11.8 Å². The number of amides is 1. The summed E-state index contributed by atoms with van der Waals surface area (Å²) in [4.78, 5) is 17.7. The van der Waals surface area contributed by atoms with Crippen molar-refractivity contribution >= 4 is 17.7 Å². The molecular weight excluding hydrogens is 232 g/mol. The Labute approximate surface area is 108 Å². The summed E-state index contributed by atoms with van der Waals surface area (Å²) >= 11 is 1.69. The van der Waals surface area contributed by atoms with Crippen molar-refractivity contribution in [1.29, 1.82) is 0 Å². The number of pyridine rings is 1. The van der Waals surface area contributed by atoms with Gasteiger partial charge < -0.3 is 4.90 Å². The Hall–Kier alpha value is -1.03. The van der Waals surface area contributed by atoms with E-state index in [1.165, 1.54) is 5.56 Å². The first-order valence-corrected chi connectivity index (χ1v) is 6.95. The fourth-order valence-corrected chi connectivity index (χ4v) is 2.41. The van der Waals surface area contributed by atoms with Crippen LogP contribution in [0.15, 0.2) is 24.5 Å². The number of thioether (sulfide) groups is 1. The lowest BCUT2D eigenvalue weighted by Crippen LogP contribution is -2.34. The quantitative estimate of drug-likeness (QED) is 0.778. The maximum absolute atomic E-state index is 11.9. The van der Waals surface area contributed by atoms with Crippen LogP contribution < -0.4 is 0 Å². The molecule has 4 heteroatoms. The second-order valence-electron chi connectivity index (χ2n) is 3.96. The standard InChI is InChI=1S/C13H20N2OS/c1-4-17-11(2)13(16)15(3)10-7-12-5-8-14-9-6-12/h5-6,8-9,11H,4,7,10H2,1-3H3/t11-/m0/s1. The summed E-state index contributed by atoms with van der Waals surface area (Å²) in [6.07, 6.45) is 4.45. The van der Waals surface area contributed by atoms with Crippen LogP contribution in [0.4, 0.5) is 0 Å². The van der Waals surface area contributed by atoms with Gasteiger partial charge in [0.2, 0.25) is 5.91 Å². The smallest absolute Gasteiger partial charge is 0.235 e. The SMILES string of the molecule is CCS[C@@H](C)C(=O)N(C)CCc1ccncc1. The number of nitrogens with zero attached hydrogens (tertiary/aromatic N) is 2. The van der Waals surface area contributed by atoms with E-state index >= 15 is 0 Å². The van der Waals surface area contributed by atoms with E-state index in [1.807, 2.05) is 31.0 Å². The summed E-state index contributed by atoms with van der Waals surface area (Å²) in [5.41, 5.74) is 1.22. The maximum atomic E-state index is 11.9. The van der Waals surface area contributed by atoms with Gasteiger partial charge in [-0.05, 0) is 36.8 Å². The molecule has 1 atom stereocenters. The Morgan fingerprint density at radius 3 is 2.71 bits per heavy atom. The minimum Gasteiger partial charge on any atom is -0.344 e. The normalized spacial score (nSPS) is 12.2. The molecule has 0 radical (unpaired) electrons. The van der Waals surface area contributed by atoms with Gasteiger partial charge >= 0.3 is 0 Å². The Morgan fingerprint density at radius 1 is 1.47 bits per heavy atom. The molecule has 1 aromatic rings. The second-order valence-corrected chi connectivity index (χ2v) is 5.58. The van der Waals surface area contributed by atoms with Crippen LogP contribution in [-0.2, 0) is 11.2 Å². The number of carbonyl (C=O) groups is 1. The van der Waals surface area contributed by atoms with Gasteiger partial charge in [-0.2, -0.15) is 0 Å². The van der Waals surface area contributed by atoms with E-state index in [2.05, 4.69) is 11.9 Å². The van der Waals surface area contributed by atoms with Crippen molar-refractivity contribution in [2.75, 3.05) is 19.3 Å². The molecule has 1 rings (SSSR count). The van der Waals surface area contributed by atoms with Gasteiger partial charge in [0.15, 0.2) is 0 Å². The Morgan fingerprint density at radius 2 is 2.12 bits per heavy atom. The molecule has 0 saturated carbocycles. The highest BCUT2D eigenvalue weighted by Crippen LogP contribution is 2.12. The van der Waals surface area contributed by atoms with Gasteiger partial charge in [0, 0.05) is 26.0 Å². The van der Waals surface area contributed by atoms with Gasteiger partial charge in [-0.25, -0.2) is 0 Å². The van der Waals surface area contributed by atoms with E-state index in [-0.39, 0.29) is 11.2 Å². The number of hydrogen-bond donors (Lipinski definition) is 0. The first kappa shape index (κ1) is 14.0. The molecule has 0 aliphatic heterocycles. The van der Waals surface area contributed by atoms with Crippen molar-refractivity contribution in [3.8, 4) is 0 Å². The molecule has 0 aliphatic rings. The third kappa shape index (κ3) is 4.77. The third-order valence-electron chi connectivity index (χ3n) is 2.63. The second kappa shape index (κ2) is 7.33. The Bertz CT molecular complexity index is 343. The highest BCUT2D eigenvalue weighted by molar-refractivity contribution is 8.00. The molecule has 0 spiro atoms. The van der Waals surface area contributed by atoms with E-state index in [9.17, 15) is 4.79 Å². The first-order chi connectivity index (χ1) is 8.15. The topological polar surface area (TPSA) is 33.2 Å². The molecule has 1 heterocycles. The molecule has 0 unspecified atom stereocenters. The van der Waals surface area contributed by atoms with Crippen LogP contribution in [0.1, 0.15) is 19.4 Å². The number of hydrogen-bond acceptors (Lipinski definition) is 3. The molecule has 0 aliphatic carbocycles. The fraction of sp³-hybridized carbons (Fsp3) is 0.538. The molecule has 1 amide bonds. The van der Waals surface area contributed by atoms with E-state index in [0.717, 1.165) is 18.7 Å². The monoisotopic (exact) mass is 252 g/mol. The molecule has 0 bridgehead atoms. The van der Waals surface area contributed by atoms with E-state index < -0.39 is 0 Å². The van der Waals surface area contributed by atoms with Crippen LogP contribution in [0.25, 0.3) is 0 Å². The summed E-state index contributed by atoms with van der Waals surface area (Å²) in [6, 6.07) is 3.98. The molecular formula is C13H20N2OS. The third-order valence-corrected chi connectivity index (χ3v) is 3.66. The van der Waals surface area contributed by atoms with Crippen LogP contribution >= 0.6 is 11.8 Å². The number of aromatic nitrogens is 1. The highest BCUT2D eigenvalue weighted by atomic mass is 32.2. The van der Waals surface area contributed by atoms with E-state index in [1.54, 1.807) is 24.2 Å². The average molecular weight is 252 g/mol. The van der Waals surface area contributed by atoms with Crippen LogP contribution in [-0.4, -0.2) is 40.4 Å². The van der Waals surface area contributed by atoms with Crippen molar-refractivity contribution in [3.05, 3.63) is 30.1 Å². The molecule has 0 saturated heterocycles. The molecule has 0 N–H and O–H groups in total. The Kier molecular flexibility index (Phi) is 6.05. The summed E-state index contributed by atoms with van der Waals surface area (Å²) in [5, 5.41) is 0.0578. The predicted octanol–water partition coefficient (Wildman–Crippen LogP) is 2.22. The minimum atomic E-state index is 0.0578. The minimum absolute atomic E-state index is 0.0578. The van der Waals surface area contributed by atoms with Crippen molar-refractivity contribution in [3.63, 3.8) is 0 Å². The molecule has 0 fully saturated rings. The van der Waals surface area contributed by atoms with Crippen molar-refractivity contribution in [1.82, 2.24) is 9.88 Å². The summed E-state index contributed by atoms with van der Waals surface area (Å²) in [7, 11) is 1.87. The molecule has 17 heavy (non-hydrogen) atoms. The van der Waals surface area contributed by atoms with Gasteiger partial charge in [0.1, 0.15) is 0 Å². The predicted molar refractivity (Wildman–Crippen MR) is 73.2 cm³/mol. The van der Waals surface area contributed by atoms with Gasteiger partial charge in [0.05, 0.1) is 5.25 Å². The van der Waals surface area contributed by atoms with Gasteiger partial charge in [-0.3, -0.25) is 9.78 Å². The zero-order chi connectivity index (χ0) is 12.7. The van der Waals surface area contributed by atoms with Crippen LogP contribution in [0.3, 0.4) is 0 Å². The lowest BCUT2D eigenvalue weighted by Gasteiger charge is -2.20. The maximum Gasteiger partial charge on any atom is 0.235 e. The Balaban J connectivity index is 2.39. The molecule has 94 valence electrons. The number of rotatable bonds is 6. The van der Waals surface area contributed by atoms with E-state index in [4.69, 9.17) is 0 Å². The van der Waals surface area contributed by atoms with Gasteiger partial charge in [-0.1, -0.05) is 6.92 Å². The molecule has 0 aromatic carbocycles. The first-order valence-electron chi connectivity index (χ1n) is 5.90. The lowest BCUT2D eigenvalue weighted by atomic mass is 10.2. The van der Waals surface area contributed by atoms with E-state index in [0.29, 0.717) is 0 Å². The highest BCUT2D eigenvalue weighted by Gasteiger charge is 2.16. The van der Waals surface area contributed by atoms with Crippen molar-refractivity contribution in [2.45, 2.75) is 25.5 Å². The zero-order valence-corrected chi connectivity index (χ0v) is 11.5. The largest absolute Gasteiger partial charge is 0.344 e. The molecule has 1 aromatic heterocycles.